The second-order valence-corrected chi connectivity index (χ2v) is 18.5. The van der Waals surface area contributed by atoms with E-state index in [2.05, 4.69) is 92.9 Å². The summed E-state index contributed by atoms with van der Waals surface area (Å²) in [5.41, 5.74) is 7.96. The summed E-state index contributed by atoms with van der Waals surface area (Å²) in [6.45, 7) is 14.5. The second kappa shape index (κ2) is 10.4. The van der Waals surface area contributed by atoms with Crippen molar-refractivity contribution in [2.75, 3.05) is 0 Å². The first-order valence-electron chi connectivity index (χ1n) is 16.7. The summed E-state index contributed by atoms with van der Waals surface area (Å²) in [7, 11) is 0.0977. The summed E-state index contributed by atoms with van der Waals surface area (Å²) in [6, 6.07) is 26.7. The molecule has 2 aromatic heterocycles. The molecule has 2 nitrogen and oxygen atoms in total. The summed E-state index contributed by atoms with van der Waals surface area (Å²) < 4.78 is 44.7. The highest BCUT2D eigenvalue weighted by Crippen LogP contribution is 2.39. The first-order valence-corrected chi connectivity index (χ1v) is 18.2. The van der Waals surface area contributed by atoms with Gasteiger partial charge in [-0.25, -0.2) is 4.57 Å². The van der Waals surface area contributed by atoms with E-state index >= 15 is 0 Å². The van der Waals surface area contributed by atoms with Crippen LogP contribution in [0.2, 0.25) is 19.6 Å². The number of pyridine rings is 1. The van der Waals surface area contributed by atoms with Crippen LogP contribution in [0, 0.1) is 12.3 Å². The zero-order chi connectivity index (χ0) is 33.3. The lowest BCUT2D eigenvalue weighted by molar-refractivity contribution is -0.659. The number of rotatable bonds is 5. The van der Waals surface area contributed by atoms with Crippen LogP contribution in [-0.4, -0.2) is 8.07 Å². The maximum Gasteiger partial charge on any atom is 0.216 e. The summed E-state index contributed by atoms with van der Waals surface area (Å²) in [4.78, 5) is 0. The lowest BCUT2D eigenvalue weighted by Gasteiger charge is -2.21. The molecule has 6 aromatic rings. The van der Waals surface area contributed by atoms with Crippen LogP contribution in [-0.2, 0) is 13.4 Å². The molecule has 0 saturated carbocycles. The Kier molecular flexibility index (Phi) is 5.84. The van der Waals surface area contributed by atoms with Gasteiger partial charge in [-0.2, -0.15) is 0 Å². The fourth-order valence-electron chi connectivity index (χ4n) is 5.81. The summed E-state index contributed by atoms with van der Waals surface area (Å²) in [5.74, 6) is 0. The standard InChI is InChI=1S/C39H42NOSi/c1-26-14-20-32-31-21-19-30(28-12-10-9-11-13-28)22-35(31)41-38(32)37(26)34-23-33(36(25-40(34)5)42(6,7)8)29-17-15-27(16-18-29)24-39(2,3)4/h9-23,25H,24H2,1-8H3/q+1/i17D,18D,24D2. The Morgan fingerprint density at radius 2 is 1.52 bits per heavy atom. The van der Waals surface area contributed by atoms with E-state index in [4.69, 9.17) is 9.90 Å². The molecule has 4 aromatic carbocycles. The van der Waals surface area contributed by atoms with Crippen LogP contribution in [0.5, 0.6) is 0 Å². The molecule has 6 rings (SSSR count). The molecule has 0 aliphatic rings. The molecule has 0 fully saturated rings. The molecule has 42 heavy (non-hydrogen) atoms. The van der Waals surface area contributed by atoms with Gasteiger partial charge >= 0.3 is 0 Å². The SMILES string of the molecule is [2H]c1cc(C([2H])([2H])C(C)(C)C)cc([2H])c1-c1cc(-c2c(C)ccc3c2oc2cc(-c4ccccc4)ccc23)[n+](C)cc1[Si](C)(C)C. The van der Waals surface area contributed by atoms with E-state index in [-0.39, 0.29) is 12.1 Å². The molecule has 0 radical (unpaired) electrons. The van der Waals surface area contributed by atoms with E-state index in [9.17, 15) is 0 Å². The van der Waals surface area contributed by atoms with E-state index in [1.54, 1.807) is 12.1 Å². The molecule has 0 N–H and O–H groups in total. The van der Waals surface area contributed by atoms with Crippen molar-refractivity contribution in [1.82, 2.24) is 0 Å². The van der Waals surface area contributed by atoms with Crippen LogP contribution in [0.15, 0.2) is 102 Å². The lowest BCUT2D eigenvalue weighted by Crippen LogP contribution is -2.46. The van der Waals surface area contributed by atoms with Crippen molar-refractivity contribution < 1.29 is 14.5 Å². The van der Waals surface area contributed by atoms with Crippen molar-refractivity contribution >= 4 is 35.2 Å². The minimum absolute atomic E-state index is 0.169. The van der Waals surface area contributed by atoms with Crippen LogP contribution in [0.25, 0.3) is 55.4 Å². The second-order valence-electron chi connectivity index (χ2n) is 13.4. The monoisotopic (exact) mass is 572 g/mol. The molecule has 0 saturated heterocycles. The predicted octanol–water partition coefficient (Wildman–Crippen LogP) is 9.85. The number of aromatic nitrogens is 1. The van der Waals surface area contributed by atoms with Crippen LogP contribution in [0.3, 0.4) is 0 Å². The average Bonchev–Trinajstić information content (AvgIpc) is 3.34. The third-order valence-electron chi connectivity index (χ3n) is 7.83. The topological polar surface area (TPSA) is 17.0 Å². The minimum Gasteiger partial charge on any atom is -0.455 e. The molecule has 0 bridgehead atoms. The molecule has 0 unspecified atom stereocenters. The normalized spacial score (nSPS) is 14.1. The Morgan fingerprint density at radius 1 is 0.833 bits per heavy atom. The maximum atomic E-state index is 9.15. The van der Waals surface area contributed by atoms with Gasteiger partial charge in [-0.3, -0.25) is 0 Å². The third kappa shape index (κ3) is 5.34. The largest absolute Gasteiger partial charge is 0.455 e. The Hall–Kier alpha value is -3.95. The van der Waals surface area contributed by atoms with Gasteiger partial charge < -0.3 is 4.42 Å². The highest BCUT2D eigenvalue weighted by Gasteiger charge is 2.29. The van der Waals surface area contributed by atoms with E-state index in [0.717, 1.165) is 60.6 Å². The highest BCUT2D eigenvalue weighted by atomic mass is 28.3. The van der Waals surface area contributed by atoms with Gasteiger partial charge in [-0.15, -0.1) is 0 Å². The zero-order valence-electron chi connectivity index (χ0n) is 29.9. The fourth-order valence-corrected chi connectivity index (χ4v) is 7.40. The van der Waals surface area contributed by atoms with Crippen molar-refractivity contribution in [3.63, 3.8) is 0 Å². The average molecular weight is 573 g/mol. The van der Waals surface area contributed by atoms with Gasteiger partial charge in [0.2, 0.25) is 5.69 Å². The maximum absolute atomic E-state index is 9.15. The van der Waals surface area contributed by atoms with Gasteiger partial charge in [0.1, 0.15) is 18.2 Å². The molecule has 0 spiro atoms. The molecule has 0 aliphatic heterocycles. The Bertz CT molecular complexity index is 2110. The summed E-state index contributed by atoms with van der Waals surface area (Å²) >= 11 is 0. The van der Waals surface area contributed by atoms with E-state index in [0.29, 0.717) is 11.1 Å². The number of hydrogen-bond acceptors (Lipinski definition) is 1. The molecular formula is C39H42NOSi+. The van der Waals surface area contributed by atoms with Crippen LogP contribution in [0.4, 0.5) is 0 Å². The Morgan fingerprint density at radius 3 is 2.19 bits per heavy atom. The van der Waals surface area contributed by atoms with Crippen molar-refractivity contribution in [2.45, 2.75) is 53.7 Å². The van der Waals surface area contributed by atoms with Gasteiger partial charge in [-0.1, -0.05) is 113 Å². The molecule has 212 valence electrons. The number of furan rings is 1. The Labute approximate surface area is 257 Å². The van der Waals surface area contributed by atoms with Crippen LogP contribution in [0.1, 0.15) is 37.4 Å². The van der Waals surface area contributed by atoms with Gasteiger partial charge in [0, 0.05) is 24.8 Å². The quantitative estimate of drug-likeness (QED) is 0.148. The number of benzene rings is 4. The van der Waals surface area contributed by atoms with Gasteiger partial charge in [0.25, 0.3) is 0 Å². The van der Waals surface area contributed by atoms with Gasteiger partial charge in [0.05, 0.1) is 16.4 Å². The first kappa shape index (κ1) is 23.6. The number of nitrogens with zero attached hydrogens (tertiary/aromatic N) is 1. The number of aryl methyl sites for hydroxylation is 2. The zero-order valence-corrected chi connectivity index (χ0v) is 26.9. The molecule has 0 amide bonds. The first-order chi connectivity index (χ1) is 21.5. The summed E-state index contributed by atoms with van der Waals surface area (Å²) in [5, 5.41) is 3.25. The molecular weight excluding hydrogens is 527 g/mol. The third-order valence-corrected chi connectivity index (χ3v) is 9.84. The molecule has 2 heterocycles. The highest BCUT2D eigenvalue weighted by molar-refractivity contribution is 6.89. The fraction of sp³-hybridized carbons (Fsp3) is 0.256. The van der Waals surface area contributed by atoms with Gasteiger partial charge in [-0.05, 0) is 64.2 Å². The van der Waals surface area contributed by atoms with E-state index in [1.807, 2.05) is 39.0 Å². The van der Waals surface area contributed by atoms with Crippen molar-refractivity contribution in [3.8, 4) is 33.5 Å². The van der Waals surface area contributed by atoms with Gasteiger partial charge in [0.15, 0.2) is 6.20 Å². The number of hydrogen-bond donors (Lipinski definition) is 0. The summed E-state index contributed by atoms with van der Waals surface area (Å²) in [6.07, 6.45) is 0.480. The Balaban J connectivity index is 1.60. The van der Waals surface area contributed by atoms with Crippen molar-refractivity contribution in [1.29, 1.82) is 0 Å². The van der Waals surface area contributed by atoms with Crippen molar-refractivity contribution in [2.24, 2.45) is 12.5 Å². The smallest absolute Gasteiger partial charge is 0.216 e. The van der Waals surface area contributed by atoms with Crippen molar-refractivity contribution in [3.05, 3.63) is 108 Å². The van der Waals surface area contributed by atoms with E-state index in [1.165, 1.54) is 0 Å². The predicted molar refractivity (Wildman–Crippen MR) is 182 cm³/mol. The molecule has 0 aliphatic carbocycles. The van der Waals surface area contributed by atoms with E-state index < -0.39 is 19.9 Å². The molecule has 3 heteroatoms. The van der Waals surface area contributed by atoms with Crippen LogP contribution < -0.4 is 9.75 Å². The minimum atomic E-state index is -1.96. The number of fused-ring (bicyclic) bond motifs is 3. The lowest BCUT2D eigenvalue weighted by atomic mass is 9.87. The molecule has 0 atom stereocenters. The van der Waals surface area contributed by atoms with Crippen LogP contribution >= 0.6 is 0 Å².